The molecule has 0 atom stereocenters. The van der Waals surface area contributed by atoms with Gasteiger partial charge in [-0.2, -0.15) is 10.4 Å². The van der Waals surface area contributed by atoms with Gasteiger partial charge >= 0.3 is 6.03 Å². The van der Waals surface area contributed by atoms with Gasteiger partial charge in [0.05, 0.1) is 18.5 Å². The van der Waals surface area contributed by atoms with E-state index in [-0.39, 0.29) is 11.8 Å². The summed E-state index contributed by atoms with van der Waals surface area (Å²) in [6, 6.07) is 5.41. The van der Waals surface area contributed by atoms with Crippen LogP contribution in [0.5, 0.6) is 0 Å². The van der Waals surface area contributed by atoms with Crippen LogP contribution in [-0.4, -0.2) is 34.7 Å². The molecule has 116 valence electrons. The number of anilines is 1. The number of urea groups is 1. The largest absolute Gasteiger partial charge is 0.467 e. The second-order valence-corrected chi connectivity index (χ2v) is 4.84. The minimum Gasteiger partial charge on any atom is -0.467 e. The highest BCUT2D eigenvalue weighted by atomic mass is 16.3. The van der Waals surface area contributed by atoms with Gasteiger partial charge in [-0.05, 0) is 25.0 Å². The zero-order valence-corrected chi connectivity index (χ0v) is 12.3. The van der Waals surface area contributed by atoms with E-state index in [0.717, 1.165) is 0 Å². The van der Waals surface area contributed by atoms with Gasteiger partial charge in [0.2, 0.25) is 0 Å². The molecule has 22 heavy (non-hydrogen) atoms. The van der Waals surface area contributed by atoms with Crippen LogP contribution in [-0.2, 0) is 13.0 Å². The summed E-state index contributed by atoms with van der Waals surface area (Å²) in [6.45, 7) is 0.902. The fourth-order valence-corrected chi connectivity index (χ4v) is 2.01. The number of nitrogen functional groups attached to an aromatic ring is 1. The van der Waals surface area contributed by atoms with Crippen molar-refractivity contribution in [3.8, 4) is 6.07 Å². The highest BCUT2D eigenvalue weighted by Crippen LogP contribution is 2.13. The van der Waals surface area contributed by atoms with Gasteiger partial charge in [-0.15, -0.1) is 0 Å². The molecule has 0 spiro atoms. The first-order valence-corrected chi connectivity index (χ1v) is 6.86. The Morgan fingerprint density at radius 3 is 3.14 bits per heavy atom. The van der Waals surface area contributed by atoms with Crippen molar-refractivity contribution in [3.05, 3.63) is 35.4 Å². The number of nitrogens with two attached hydrogens (primary N) is 1. The number of furan rings is 1. The number of amides is 2. The second-order valence-electron chi connectivity index (χ2n) is 4.84. The molecule has 2 amide bonds. The number of nitrogens with zero attached hydrogens (tertiary/aromatic N) is 3. The van der Waals surface area contributed by atoms with Gasteiger partial charge in [0.1, 0.15) is 17.4 Å². The third-order valence-corrected chi connectivity index (χ3v) is 3.24. The standard InChI is InChI=1S/C14H18N6O2/c1-20(14(21)17-9-10-4-3-7-22-10)6-2-5-12-11(8-15)13(16)19-18-12/h3-4,7H,2,5-6,9H2,1H3,(H,17,21)(H3,16,18,19). The Balaban J connectivity index is 1.74. The number of hydrogen-bond acceptors (Lipinski definition) is 5. The van der Waals surface area contributed by atoms with E-state index < -0.39 is 0 Å². The van der Waals surface area contributed by atoms with Crippen molar-refractivity contribution in [3.63, 3.8) is 0 Å². The number of nitrogens with one attached hydrogen (secondary N) is 2. The molecule has 0 fully saturated rings. The Bertz CT molecular complexity index is 655. The number of carbonyl (C=O) groups is 1. The lowest BCUT2D eigenvalue weighted by Crippen LogP contribution is -2.37. The van der Waals surface area contributed by atoms with Crippen LogP contribution in [0.15, 0.2) is 22.8 Å². The number of aromatic nitrogens is 2. The number of H-pyrrole nitrogens is 1. The number of hydrogen-bond donors (Lipinski definition) is 3. The van der Waals surface area contributed by atoms with Crippen molar-refractivity contribution in [2.75, 3.05) is 19.3 Å². The lowest BCUT2D eigenvalue weighted by atomic mass is 10.1. The lowest BCUT2D eigenvalue weighted by Gasteiger charge is -2.17. The van der Waals surface area contributed by atoms with Crippen molar-refractivity contribution in [1.82, 2.24) is 20.4 Å². The average molecular weight is 302 g/mol. The Morgan fingerprint density at radius 1 is 1.64 bits per heavy atom. The molecule has 4 N–H and O–H groups in total. The molecule has 0 aliphatic heterocycles. The molecular weight excluding hydrogens is 284 g/mol. The van der Waals surface area contributed by atoms with Crippen molar-refractivity contribution < 1.29 is 9.21 Å². The van der Waals surface area contributed by atoms with E-state index in [9.17, 15) is 4.79 Å². The predicted octanol–water partition coefficient (Wildman–Crippen LogP) is 1.23. The summed E-state index contributed by atoms with van der Waals surface area (Å²) in [5, 5.41) is 18.3. The molecule has 8 heteroatoms. The van der Waals surface area contributed by atoms with Gasteiger partial charge in [0.25, 0.3) is 0 Å². The second kappa shape index (κ2) is 7.17. The minimum atomic E-state index is -0.180. The summed E-state index contributed by atoms with van der Waals surface area (Å²) in [5.74, 6) is 0.912. The zero-order valence-electron chi connectivity index (χ0n) is 12.3. The van der Waals surface area contributed by atoms with E-state index in [4.69, 9.17) is 15.4 Å². The maximum absolute atomic E-state index is 11.9. The van der Waals surface area contributed by atoms with E-state index in [0.29, 0.717) is 42.9 Å². The molecule has 2 aromatic rings. The van der Waals surface area contributed by atoms with Gasteiger partial charge in [-0.1, -0.05) is 0 Å². The Kier molecular flexibility index (Phi) is 5.03. The van der Waals surface area contributed by atoms with Crippen LogP contribution in [0, 0.1) is 11.3 Å². The van der Waals surface area contributed by atoms with Crippen molar-refractivity contribution in [2.24, 2.45) is 0 Å². The third kappa shape index (κ3) is 3.79. The maximum Gasteiger partial charge on any atom is 0.317 e. The van der Waals surface area contributed by atoms with Crippen molar-refractivity contribution >= 4 is 11.8 Å². The van der Waals surface area contributed by atoms with E-state index >= 15 is 0 Å². The van der Waals surface area contributed by atoms with E-state index in [1.807, 2.05) is 6.07 Å². The number of carbonyl (C=O) groups excluding carboxylic acids is 1. The van der Waals surface area contributed by atoms with E-state index in [1.54, 1.807) is 30.3 Å². The van der Waals surface area contributed by atoms with Crippen LogP contribution >= 0.6 is 0 Å². The molecule has 2 aromatic heterocycles. The number of nitriles is 1. The summed E-state index contributed by atoms with van der Waals surface area (Å²) in [5.41, 5.74) is 6.65. The first kappa shape index (κ1) is 15.4. The molecule has 0 aliphatic carbocycles. The fourth-order valence-electron chi connectivity index (χ4n) is 2.01. The van der Waals surface area contributed by atoms with E-state index in [1.165, 1.54) is 0 Å². The zero-order chi connectivity index (χ0) is 15.9. The molecule has 0 saturated carbocycles. The predicted molar refractivity (Wildman–Crippen MR) is 79.6 cm³/mol. The molecule has 0 saturated heterocycles. The summed E-state index contributed by atoms with van der Waals surface area (Å²) < 4.78 is 5.14. The lowest BCUT2D eigenvalue weighted by molar-refractivity contribution is 0.207. The van der Waals surface area contributed by atoms with Crippen LogP contribution in [0.2, 0.25) is 0 Å². The highest BCUT2D eigenvalue weighted by molar-refractivity contribution is 5.73. The Hall–Kier alpha value is -2.95. The van der Waals surface area contributed by atoms with Gasteiger partial charge in [-0.25, -0.2) is 4.79 Å². The first-order chi connectivity index (χ1) is 10.6. The van der Waals surface area contributed by atoms with Gasteiger partial charge in [0, 0.05) is 13.6 Å². The maximum atomic E-state index is 11.9. The number of aryl methyl sites for hydroxylation is 1. The highest BCUT2D eigenvalue weighted by Gasteiger charge is 2.12. The molecule has 0 radical (unpaired) electrons. The summed E-state index contributed by atoms with van der Waals surface area (Å²) >= 11 is 0. The van der Waals surface area contributed by atoms with Crippen LogP contribution in [0.25, 0.3) is 0 Å². The van der Waals surface area contributed by atoms with Gasteiger partial charge in [0.15, 0.2) is 5.82 Å². The Morgan fingerprint density at radius 2 is 2.45 bits per heavy atom. The molecule has 0 aromatic carbocycles. The molecule has 2 heterocycles. The topological polar surface area (TPSA) is 124 Å². The first-order valence-electron chi connectivity index (χ1n) is 6.86. The molecule has 0 bridgehead atoms. The van der Waals surface area contributed by atoms with Crippen LogP contribution in [0.4, 0.5) is 10.6 Å². The number of aromatic amines is 1. The third-order valence-electron chi connectivity index (χ3n) is 3.24. The van der Waals surface area contributed by atoms with Crippen LogP contribution < -0.4 is 11.1 Å². The van der Waals surface area contributed by atoms with Gasteiger partial charge < -0.3 is 20.4 Å². The Labute approximate surface area is 127 Å². The molecule has 2 rings (SSSR count). The monoisotopic (exact) mass is 302 g/mol. The quantitative estimate of drug-likeness (QED) is 0.740. The normalized spacial score (nSPS) is 10.2. The average Bonchev–Trinajstić information content (AvgIpc) is 3.14. The smallest absolute Gasteiger partial charge is 0.317 e. The summed E-state index contributed by atoms with van der Waals surface area (Å²) in [4.78, 5) is 13.5. The molecule has 8 nitrogen and oxygen atoms in total. The molecular formula is C14H18N6O2. The van der Waals surface area contributed by atoms with Crippen molar-refractivity contribution in [2.45, 2.75) is 19.4 Å². The molecule has 0 aliphatic rings. The summed E-state index contributed by atoms with van der Waals surface area (Å²) in [7, 11) is 1.71. The number of rotatable bonds is 6. The fraction of sp³-hybridized carbons (Fsp3) is 0.357. The van der Waals surface area contributed by atoms with Gasteiger partial charge in [-0.3, -0.25) is 5.10 Å². The van der Waals surface area contributed by atoms with Crippen molar-refractivity contribution in [1.29, 1.82) is 5.26 Å². The van der Waals surface area contributed by atoms with E-state index in [2.05, 4.69) is 15.5 Å². The van der Waals surface area contributed by atoms with Crippen LogP contribution in [0.1, 0.15) is 23.4 Å². The SMILES string of the molecule is CN(CCCc1[nH]nc(N)c1C#N)C(=O)NCc1ccco1. The van der Waals surface area contributed by atoms with Crippen LogP contribution in [0.3, 0.4) is 0 Å². The summed E-state index contributed by atoms with van der Waals surface area (Å²) in [6.07, 6.45) is 2.86. The molecule has 0 unspecified atom stereocenters. The minimum absolute atomic E-state index is 0.180.